The quantitative estimate of drug-likeness (QED) is 0.651. The van der Waals surface area contributed by atoms with E-state index in [2.05, 4.69) is 23.3 Å². The van der Waals surface area contributed by atoms with Crippen molar-refractivity contribution in [1.82, 2.24) is 10.3 Å². The lowest BCUT2D eigenvalue weighted by atomic mass is 9.92. The van der Waals surface area contributed by atoms with Gasteiger partial charge in [0.15, 0.2) is 0 Å². The molecule has 1 aromatic heterocycles. The molecule has 0 fully saturated rings. The molecule has 1 aliphatic heterocycles. The maximum atomic E-state index is 14.6. The van der Waals surface area contributed by atoms with Crippen LogP contribution in [0.3, 0.4) is 0 Å². The first-order valence-electron chi connectivity index (χ1n) is 8.35. The van der Waals surface area contributed by atoms with Crippen molar-refractivity contribution >= 4 is 10.9 Å². The zero-order chi connectivity index (χ0) is 16.8. The molecule has 1 aliphatic rings. The van der Waals surface area contributed by atoms with E-state index in [1.807, 2.05) is 18.2 Å². The molecule has 24 heavy (non-hydrogen) atoms. The van der Waals surface area contributed by atoms with Crippen molar-refractivity contribution in [1.29, 1.82) is 0 Å². The van der Waals surface area contributed by atoms with Gasteiger partial charge in [-0.3, -0.25) is 0 Å². The topological polar surface area (TPSA) is 27.8 Å². The average molecular weight is 326 g/mol. The Morgan fingerprint density at radius 3 is 2.50 bits per heavy atom. The third-order valence-electron chi connectivity index (χ3n) is 5.00. The number of hydrogen-bond acceptors (Lipinski definition) is 1. The van der Waals surface area contributed by atoms with Gasteiger partial charge in [-0.2, -0.15) is 0 Å². The molecule has 2 aromatic carbocycles. The van der Waals surface area contributed by atoms with E-state index in [0.29, 0.717) is 11.5 Å². The van der Waals surface area contributed by atoms with E-state index >= 15 is 0 Å². The Bertz CT molecular complexity index is 890. The van der Waals surface area contributed by atoms with Gasteiger partial charge in [-0.05, 0) is 55.1 Å². The molecule has 0 bridgehead atoms. The third-order valence-corrected chi connectivity index (χ3v) is 5.00. The Morgan fingerprint density at radius 2 is 1.75 bits per heavy atom. The Kier molecular flexibility index (Phi) is 3.65. The average Bonchev–Trinajstić information content (AvgIpc) is 2.84. The first-order chi connectivity index (χ1) is 11.6. The minimum atomic E-state index is -0.502. The van der Waals surface area contributed by atoms with Crippen molar-refractivity contribution in [3.63, 3.8) is 0 Å². The largest absolute Gasteiger partial charge is 0.357 e. The molecular formula is C20H20F2N2. The maximum Gasteiger partial charge on any atom is 0.131 e. The van der Waals surface area contributed by atoms with E-state index in [1.54, 1.807) is 6.92 Å². The highest BCUT2D eigenvalue weighted by Crippen LogP contribution is 2.39. The van der Waals surface area contributed by atoms with Crippen LogP contribution in [0.4, 0.5) is 8.78 Å². The highest BCUT2D eigenvalue weighted by molar-refractivity contribution is 5.85. The summed E-state index contributed by atoms with van der Waals surface area (Å²) in [7, 11) is 0. The Hall–Kier alpha value is -2.20. The summed E-state index contributed by atoms with van der Waals surface area (Å²) in [6, 6.07) is 10.4. The normalized spacial score (nSPS) is 20.8. The summed E-state index contributed by atoms with van der Waals surface area (Å²) in [5, 5.41) is 4.48. The van der Waals surface area contributed by atoms with Gasteiger partial charge in [-0.15, -0.1) is 0 Å². The Morgan fingerprint density at radius 1 is 1.04 bits per heavy atom. The number of aromatic nitrogens is 1. The SMILES string of the molecule is Cc1cc(F)c(C2NCCC(C)c3c2[nH]c2ccccc32)c(F)c1. The van der Waals surface area contributed by atoms with Crippen LogP contribution in [0.15, 0.2) is 36.4 Å². The number of H-pyrrole nitrogens is 1. The maximum absolute atomic E-state index is 14.6. The first-order valence-corrected chi connectivity index (χ1v) is 8.35. The monoisotopic (exact) mass is 326 g/mol. The van der Waals surface area contributed by atoms with E-state index in [0.717, 1.165) is 29.6 Å². The lowest BCUT2D eigenvalue weighted by Crippen LogP contribution is -2.24. The van der Waals surface area contributed by atoms with Crippen LogP contribution in [0.2, 0.25) is 0 Å². The zero-order valence-electron chi connectivity index (χ0n) is 13.8. The van der Waals surface area contributed by atoms with E-state index < -0.39 is 17.7 Å². The first kappa shape index (κ1) is 15.3. The number of para-hydroxylation sites is 1. The second-order valence-electron chi connectivity index (χ2n) is 6.72. The van der Waals surface area contributed by atoms with Crippen LogP contribution in [-0.4, -0.2) is 11.5 Å². The van der Waals surface area contributed by atoms with Gasteiger partial charge < -0.3 is 10.3 Å². The number of hydrogen-bond donors (Lipinski definition) is 2. The molecular weight excluding hydrogens is 306 g/mol. The summed E-state index contributed by atoms with van der Waals surface area (Å²) in [6.07, 6.45) is 0.931. The molecule has 2 unspecified atom stereocenters. The van der Waals surface area contributed by atoms with Crippen molar-refractivity contribution in [3.05, 3.63) is 70.4 Å². The molecule has 124 valence electrons. The standard InChI is InChI=1S/C20H20F2N2/c1-11-9-14(21)18(15(22)10-11)19-20-17(12(2)7-8-23-19)13-5-3-4-6-16(13)24-20/h3-6,9-10,12,19,23-24H,7-8H2,1-2H3. The highest BCUT2D eigenvalue weighted by atomic mass is 19.1. The molecule has 2 heterocycles. The summed E-state index contributed by atoms with van der Waals surface area (Å²) in [6.45, 7) is 4.59. The minimum absolute atomic E-state index is 0.0995. The van der Waals surface area contributed by atoms with Gasteiger partial charge in [-0.25, -0.2) is 8.78 Å². The number of benzene rings is 2. The molecule has 2 N–H and O–H groups in total. The lowest BCUT2D eigenvalue weighted by Gasteiger charge is -2.19. The molecule has 0 radical (unpaired) electrons. The summed E-state index contributed by atoms with van der Waals surface area (Å²) >= 11 is 0. The molecule has 0 aliphatic carbocycles. The fourth-order valence-electron chi connectivity index (χ4n) is 3.87. The van der Waals surface area contributed by atoms with Crippen LogP contribution in [-0.2, 0) is 0 Å². The van der Waals surface area contributed by atoms with E-state index in [9.17, 15) is 8.78 Å². The molecule has 0 saturated heterocycles. The van der Waals surface area contributed by atoms with E-state index in [1.165, 1.54) is 17.7 Å². The second-order valence-corrected chi connectivity index (χ2v) is 6.72. The summed E-state index contributed by atoms with van der Waals surface area (Å²) < 4.78 is 29.2. The van der Waals surface area contributed by atoms with Crippen LogP contribution in [0, 0.1) is 18.6 Å². The Balaban J connectivity index is 1.97. The number of nitrogens with one attached hydrogen (secondary N) is 2. The smallest absolute Gasteiger partial charge is 0.131 e. The van der Waals surface area contributed by atoms with E-state index in [-0.39, 0.29) is 5.56 Å². The van der Waals surface area contributed by atoms with Gasteiger partial charge >= 0.3 is 0 Å². The van der Waals surface area contributed by atoms with Crippen molar-refractivity contribution < 1.29 is 8.78 Å². The van der Waals surface area contributed by atoms with Crippen LogP contribution < -0.4 is 5.32 Å². The Labute approximate surface area is 139 Å². The predicted octanol–water partition coefficient (Wildman–Crippen LogP) is 4.94. The highest BCUT2D eigenvalue weighted by Gasteiger charge is 2.30. The van der Waals surface area contributed by atoms with Gasteiger partial charge in [-0.1, -0.05) is 25.1 Å². The van der Waals surface area contributed by atoms with Gasteiger partial charge in [0.1, 0.15) is 11.6 Å². The molecule has 4 rings (SSSR count). The predicted molar refractivity (Wildman–Crippen MR) is 92.3 cm³/mol. The van der Waals surface area contributed by atoms with Gasteiger partial charge in [0.05, 0.1) is 6.04 Å². The zero-order valence-corrected chi connectivity index (χ0v) is 13.8. The van der Waals surface area contributed by atoms with Crippen molar-refractivity contribution in [2.24, 2.45) is 0 Å². The molecule has 0 spiro atoms. The molecule has 2 nitrogen and oxygen atoms in total. The number of halogens is 2. The van der Waals surface area contributed by atoms with Crippen LogP contribution in [0.1, 0.15) is 47.7 Å². The second kappa shape index (κ2) is 5.71. The van der Waals surface area contributed by atoms with Crippen LogP contribution in [0.25, 0.3) is 10.9 Å². The van der Waals surface area contributed by atoms with Crippen LogP contribution >= 0.6 is 0 Å². The van der Waals surface area contributed by atoms with Crippen LogP contribution in [0.5, 0.6) is 0 Å². The lowest BCUT2D eigenvalue weighted by molar-refractivity contribution is 0.500. The van der Waals surface area contributed by atoms with Gasteiger partial charge in [0.25, 0.3) is 0 Å². The fraction of sp³-hybridized carbons (Fsp3) is 0.300. The number of aryl methyl sites for hydroxylation is 1. The summed E-state index contributed by atoms with van der Waals surface area (Å²) in [4.78, 5) is 3.41. The van der Waals surface area contributed by atoms with E-state index in [4.69, 9.17) is 0 Å². The molecule has 4 heteroatoms. The minimum Gasteiger partial charge on any atom is -0.357 e. The summed E-state index contributed by atoms with van der Waals surface area (Å²) in [5.74, 6) is -0.668. The number of fused-ring (bicyclic) bond motifs is 3. The van der Waals surface area contributed by atoms with Crippen molar-refractivity contribution in [2.75, 3.05) is 6.54 Å². The number of aromatic amines is 1. The molecule has 3 aromatic rings. The van der Waals surface area contributed by atoms with Gasteiger partial charge in [0, 0.05) is 22.2 Å². The van der Waals surface area contributed by atoms with Crippen molar-refractivity contribution in [2.45, 2.75) is 32.2 Å². The molecule has 2 atom stereocenters. The van der Waals surface area contributed by atoms with Crippen molar-refractivity contribution in [3.8, 4) is 0 Å². The third kappa shape index (κ3) is 2.33. The number of rotatable bonds is 1. The molecule has 0 amide bonds. The molecule has 0 saturated carbocycles. The fourth-order valence-corrected chi connectivity index (χ4v) is 3.87. The van der Waals surface area contributed by atoms with Gasteiger partial charge in [0.2, 0.25) is 0 Å². The summed E-state index contributed by atoms with van der Waals surface area (Å²) in [5.41, 5.74) is 3.74.